The summed E-state index contributed by atoms with van der Waals surface area (Å²) < 4.78 is 0. The van der Waals surface area contributed by atoms with Crippen LogP contribution in [-0.4, -0.2) is 26.4 Å². The highest BCUT2D eigenvalue weighted by molar-refractivity contribution is 7.99. The Morgan fingerprint density at radius 2 is 1.63 bits per heavy atom. The van der Waals surface area contributed by atoms with Crippen LogP contribution in [0.4, 0.5) is 11.4 Å². The molecule has 0 aromatic heterocycles. The van der Waals surface area contributed by atoms with Crippen LogP contribution in [0.3, 0.4) is 0 Å². The minimum absolute atomic E-state index is 0.963. The smallest absolute Gasteiger partial charge is 0.0596 e. The highest BCUT2D eigenvalue weighted by atomic mass is 32.2. The number of benzene rings is 2. The number of anilines is 2. The first-order valence-electron chi connectivity index (χ1n) is 6.45. The van der Waals surface area contributed by atoms with Crippen LogP contribution >= 0.6 is 11.8 Å². The molecule has 0 radical (unpaired) electrons. The quantitative estimate of drug-likeness (QED) is 0.633. The molecule has 0 heterocycles. The van der Waals surface area contributed by atoms with E-state index in [4.69, 9.17) is 0 Å². The lowest BCUT2D eigenvalue weighted by Gasteiger charge is -2.18. The van der Waals surface area contributed by atoms with E-state index in [1.807, 2.05) is 11.8 Å². The Morgan fingerprint density at radius 1 is 0.947 bits per heavy atom. The zero-order valence-electron chi connectivity index (χ0n) is 11.5. The van der Waals surface area contributed by atoms with Gasteiger partial charge in [-0.3, -0.25) is 0 Å². The van der Waals surface area contributed by atoms with Crippen molar-refractivity contribution in [3.63, 3.8) is 0 Å². The van der Waals surface area contributed by atoms with Gasteiger partial charge in [0.2, 0.25) is 0 Å². The summed E-state index contributed by atoms with van der Waals surface area (Å²) in [5, 5.41) is 3.50. The van der Waals surface area contributed by atoms with E-state index in [2.05, 4.69) is 78.9 Å². The molecule has 0 saturated carbocycles. The number of rotatable bonds is 6. The van der Waals surface area contributed by atoms with E-state index in [0.717, 1.165) is 12.3 Å². The lowest BCUT2D eigenvalue weighted by Crippen LogP contribution is -2.13. The van der Waals surface area contributed by atoms with Crippen LogP contribution in [0, 0.1) is 0 Å². The SMILES string of the molecule is CN(C)c1ccccc1NCCSc1ccccc1. The maximum Gasteiger partial charge on any atom is 0.0596 e. The molecule has 0 amide bonds. The van der Waals surface area contributed by atoms with Crippen LogP contribution in [-0.2, 0) is 0 Å². The average molecular weight is 272 g/mol. The Balaban J connectivity index is 1.83. The Bertz CT molecular complexity index is 497. The van der Waals surface area contributed by atoms with E-state index < -0.39 is 0 Å². The van der Waals surface area contributed by atoms with Crippen molar-refractivity contribution in [1.82, 2.24) is 0 Å². The van der Waals surface area contributed by atoms with Gasteiger partial charge in [0, 0.05) is 31.3 Å². The van der Waals surface area contributed by atoms with Crippen LogP contribution in [0.15, 0.2) is 59.5 Å². The standard InChI is InChI=1S/C16H20N2S/c1-18(2)16-11-7-6-10-15(16)17-12-13-19-14-8-4-3-5-9-14/h3-11,17H,12-13H2,1-2H3. The van der Waals surface area contributed by atoms with Crippen molar-refractivity contribution in [3.8, 4) is 0 Å². The normalized spacial score (nSPS) is 10.2. The van der Waals surface area contributed by atoms with Crippen molar-refractivity contribution in [2.75, 3.05) is 36.6 Å². The molecule has 0 spiro atoms. The van der Waals surface area contributed by atoms with Gasteiger partial charge < -0.3 is 10.2 Å². The average Bonchev–Trinajstić information content (AvgIpc) is 2.45. The summed E-state index contributed by atoms with van der Waals surface area (Å²) in [6, 6.07) is 18.9. The summed E-state index contributed by atoms with van der Waals surface area (Å²) in [5.74, 6) is 1.06. The molecule has 0 bridgehead atoms. The summed E-state index contributed by atoms with van der Waals surface area (Å²) in [7, 11) is 4.14. The van der Waals surface area contributed by atoms with Crippen molar-refractivity contribution in [1.29, 1.82) is 0 Å². The minimum Gasteiger partial charge on any atom is -0.383 e. The maximum absolute atomic E-state index is 3.50. The van der Waals surface area contributed by atoms with Gasteiger partial charge in [-0.15, -0.1) is 11.8 Å². The summed E-state index contributed by atoms with van der Waals surface area (Å²) in [5.41, 5.74) is 2.42. The monoisotopic (exact) mass is 272 g/mol. The first-order chi connectivity index (χ1) is 9.27. The van der Waals surface area contributed by atoms with Crippen LogP contribution in [0.5, 0.6) is 0 Å². The fraction of sp³-hybridized carbons (Fsp3) is 0.250. The Hall–Kier alpha value is -1.61. The molecule has 2 rings (SSSR count). The van der Waals surface area contributed by atoms with Gasteiger partial charge in [0.05, 0.1) is 11.4 Å². The van der Waals surface area contributed by atoms with E-state index in [-0.39, 0.29) is 0 Å². The molecule has 2 aromatic carbocycles. The summed E-state index contributed by atoms with van der Waals surface area (Å²) in [6.45, 7) is 0.963. The molecule has 0 aliphatic carbocycles. The molecule has 0 fully saturated rings. The van der Waals surface area contributed by atoms with Crippen molar-refractivity contribution in [2.24, 2.45) is 0 Å². The van der Waals surface area contributed by atoms with Gasteiger partial charge in [0.1, 0.15) is 0 Å². The van der Waals surface area contributed by atoms with Crippen molar-refractivity contribution < 1.29 is 0 Å². The molecular weight excluding hydrogens is 252 g/mol. The molecule has 100 valence electrons. The number of thioether (sulfide) groups is 1. The lowest BCUT2D eigenvalue weighted by molar-refractivity contribution is 1.12. The zero-order chi connectivity index (χ0) is 13.5. The van der Waals surface area contributed by atoms with E-state index in [1.54, 1.807) is 0 Å². The molecule has 1 N–H and O–H groups in total. The highest BCUT2D eigenvalue weighted by Crippen LogP contribution is 2.23. The highest BCUT2D eigenvalue weighted by Gasteiger charge is 2.02. The van der Waals surface area contributed by atoms with Gasteiger partial charge in [-0.25, -0.2) is 0 Å². The predicted molar refractivity (Wildman–Crippen MR) is 86.4 cm³/mol. The lowest BCUT2D eigenvalue weighted by atomic mass is 10.2. The first kappa shape index (κ1) is 13.8. The topological polar surface area (TPSA) is 15.3 Å². The second-order valence-electron chi connectivity index (χ2n) is 4.50. The Labute approximate surface area is 119 Å². The molecule has 2 nitrogen and oxygen atoms in total. The number of para-hydroxylation sites is 2. The molecule has 2 aromatic rings. The molecule has 3 heteroatoms. The molecule has 0 atom stereocenters. The summed E-state index contributed by atoms with van der Waals surface area (Å²) >= 11 is 1.88. The van der Waals surface area contributed by atoms with Crippen molar-refractivity contribution in [2.45, 2.75) is 4.90 Å². The fourth-order valence-corrected chi connectivity index (χ4v) is 2.67. The van der Waals surface area contributed by atoms with Gasteiger partial charge in [-0.2, -0.15) is 0 Å². The van der Waals surface area contributed by atoms with Crippen LogP contribution < -0.4 is 10.2 Å². The number of nitrogens with one attached hydrogen (secondary N) is 1. The number of hydrogen-bond donors (Lipinski definition) is 1. The van der Waals surface area contributed by atoms with Gasteiger partial charge in [-0.05, 0) is 24.3 Å². The zero-order valence-corrected chi connectivity index (χ0v) is 12.3. The van der Waals surface area contributed by atoms with Crippen molar-refractivity contribution >= 4 is 23.1 Å². The molecule has 0 saturated heterocycles. The maximum atomic E-state index is 3.50. The van der Waals surface area contributed by atoms with Crippen LogP contribution in [0.1, 0.15) is 0 Å². The van der Waals surface area contributed by atoms with Crippen LogP contribution in [0.2, 0.25) is 0 Å². The second-order valence-corrected chi connectivity index (χ2v) is 5.67. The van der Waals surface area contributed by atoms with Crippen molar-refractivity contribution in [3.05, 3.63) is 54.6 Å². The first-order valence-corrected chi connectivity index (χ1v) is 7.44. The second kappa shape index (κ2) is 7.10. The minimum atomic E-state index is 0.963. The van der Waals surface area contributed by atoms with E-state index in [1.165, 1.54) is 16.3 Å². The molecular formula is C16H20N2S. The third-order valence-electron chi connectivity index (χ3n) is 2.82. The summed E-state index contributed by atoms with van der Waals surface area (Å²) in [4.78, 5) is 3.46. The van der Waals surface area contributed by atoms with Gasteiger partial charge >= 0.3 is 0 Å². The fourth-order valence-electron chi connectivity index (χ4n) is 1.88. The van der Waals surface area contributed by atoms with Gasteiger partial charge in [0.15, 0.2) is 0 Å². The molecule has 19 heavy (non-hydrogen) atoms. The molecule has 0 aliphatic rings. The summed E-state index contributed by atoms with van der Waals surface area (Å²) in [6.07, 6.45) is 0. The molecule has 0 unspecified atom stereocenters. The number of hydrogen-bond acceptors (Lipinski definition) is 3. The Morgan fingerprint density at radius 3 is 2.37 bits per heavy atom. The van der Waals surface area contributed by atoms with Gasteiger partial charge in [-0.1, -0.05) is 30.3 Å². The van der Waals surface area contributed by atoms with E-state index >= 15 is 0 Å². The van der Waals surface area contributed by atoms with E-state index in [0.29, 0.717) is 0 Å². The Kier molecular flexibility index (Phi) is 5.16. The predicted octanol–water partition coefficient (Wildman–Crippen LogP) is 3.96. The third kappa shape index (κ3) is 4.21. The third-order valence-corrected chi connectivity index (χ3v) is 3.83. The molecule has 0 aliphatic heterocycles. The largest absolute Gasteiger partial charge is 0.383 e. The van der Waals surface area contributed by atoms with Crippen LogP contribution in [0.25, 0.3) is 0 Å². The number of nitrogens with zero attached hydrogens (tertiary/aromatic N) is 1. The van der Waals surface area contributed by atoms with Gasteiger partial charge in [0.25, 0.3) is 0 Å². The van der Waals surface area contributed by atoms with E-state index in [9.17, 15) is 0 Å².